The molecule has 1 aliphatic heterocycles. The van der Waals surface area contributed by atoms with E-state index in [9.17, 15) is 9.59 Å². The van der Waals surface area contributed by atoms with Crippen molar-refractivity contribution in [3.05, 3.63) is 88.5 Å². The monoisotopic (exact) mass is 417 g/mol. The van der Waals surface area contributed by atoms with E-state index < -0.39 is 0 Å². The first-order chi connectivity index (χ1) is 15.0. The maximum atomic E-state index is 12.7. The van der Waals surface area contributed by atoms with Gasteiger partial charge in [-0.15, -0.1) is 0 Å². The number of aryl methyl sites for hydroxylation is 1. The van der Waals surface area contributed by atoms with E-state index in [2.05, 4.69) is 10.6 Å². The van der Waals surface area contributed by atoms with Gasteiger partial charge in [0.15, 0.2) is 11.5 Å². The third-order valence-corrected chi connectivity index (χ3v) is 5.09. The number of hydrogen-bond acceptors (Lipinski definition) is 5. The summed E-state index contributed by atoms with van der Waals surface area (Å²) in [7, 11) is 0. The van der Waals surface area contributed by atoms with Crippen LogP contribution in [0.2, 0.25) is 0 Å². The minimum absolute atomic E-state index is 0.147. The molecule has 0 atom stereocenters. The number of rotatable bonds is 6. The topological polar surface area (TPSA) is 103 Å². The number of ether oxygens (including phenoxy) is 2. The summed E-state index contributed by atoms with van der Waals surface area (Å²) in [5.41, 5.74) is 9.96. The van der Waals surface area contributed by atoms with E-state index in [1.165, 1.54) is 0 Å². The first-order valence-electron chi connectivity index (χ1n) is 9.91. The average Bonchev–Trinajstić information content (AvgIpc) is 3.27. The lowest BCUT2D eigenvalue weighted by Gasteiger charge is -2.12. The van der Waals surface area contributed by atoms with Gasteiger partial charge in [0.1, 0.15) is 0 Å². The number of nitrogens with one attached hydrogen (secondary N) is 2. The molecule has 4 rings (SSSR count). The van der Waals surface area contributed by atoms with Crippen LogP contribution in [0.25, 0.3) is 0 Å². The van der Waals surface area contributed by atoms with Gasteiger partial charge in [-0.2, -0.15) is 0 Å². The van der Waals surface area contributed by atoms with Crippen LogP contribution >= 0.6 is 0 Å². The van der Waals surface area contributed by atoms with Crippen molar-refractivity contribution in [3.63, 3.8) is 0 Å². The Morgan fingerprint density at radius 3 is 2.32 bits per heavy atom. The fourth-order valence-electron chi connectivity index (χ4n) is 3.21. The molecule has 0 fully saturated rings. The van der Waals surface area contributed by atoms with Gasteiger partial charge in [-0.3, -0.25) is 9.59 Å². The summed E-state index contributed by atoms with van der Waals surface area (Å²) in [5.74, 6) is 0.640. The fraction of sp³-hybridized carbons (Fsp3) is 0.167. The van der Waals surface area contributed by atoms with Crippen LogP contribution < -0.4 is 25.8 Å². The van der Waals surface area contributed by atoms with Crippen molar-refractivity contribution in [1.29, 1.82) is 0 Å². The highest BCUT2D eigenvalue weighted by atomic mass is 16.7. The minimum atomic E-state index is -0.293. The molecule has 1 aliphatic rings. The largest absolute Gasteiger partial charge is 0.454 e. The van der Waals surface area contributed by atoms with Gasteiger partial charge >= 0.3 is 0 Å². The Balaban J connectivity index is 1.43. The van der Waals surface area contributed by atoms with Gasteiger partial charge in [0.05, 0.1) is 0 Å². The third kappa shape index (κ3) is 4.67. The standard InChI is InChI=1S/C24H23N3O4/c1-15-2-7-18(23(28)26-13-17-5-3-16(12-25)4-6-17)10-20(15)27-24(29)19-8-9-21-22(11-19)31-14-30-21/h2-11H,12-14,25H2,1H3,(H,26,28)(H,27,29). The first-order valence-corrected chi connectivity index (χ1v) is 9.91. The molecule has 3 aromatic carbocycles. The summed E-state index contributed by atoms with van der Waals surface area (Å²) in [6, 6.07) is 18.0. The van der Waals surface area contributed by atoms with Gasteiger partial charge in [0.25, 0.3) is 11.8 Å². The predicted octanol–water partition coefficient (Wildman–Crippen LogP) is 3.36. The SMILES string of the molecule is Cc1ccc(C(=O)NCc2ccc(CN)cc2)cc1NC(=O)c1ccc2c(c1)OCO2. The number of carbonyl (C=O) groups excluding carboxylic acids is 2. The summed E-state index contributed by atoms with van der Waals surface area (Å²) >= 11 is 0. The van der Waals surface area contributed by atoms with E-state index in [4.69, 9.17) is 15.2 Å². The van der Waals surface area contributed by atoms with Gasteiger partial charge in [0, 0.05) is 29.9 Å². The minimum Gasteiger partial charge on any atom is -0.454 e. The molecule has 0 unspecified atom stereocenters. The van der Waals surface area contributed by atoms with Crippen molar-refractivity contribution in [1.82, 2.24) is 5.32 Å². The normalized spacial score (nSPS) is 11.8. The average molecular weight is 417 g/mol. The number of amides is 2. The van der Waals surface area contributed by atoms with Crippen LogP contribution in [0.3, 0.4) is 0 Å². The highest BCUT2D eigenvalue weighted by molar-refractivity contribution is 6.06. The number of nitrogens with two attached hydrogens (primary N) is 1. The summed E-state index contributed by atoms with van der Waals surface area (Å²) in [6.45, 7) is 2.90. The molecular formula is C24H23N3O4. The molecule has 3 aromatic rings. The number of fused-ring (bicyclic) bond motifs is 1. The number of anilines is 1. The van der Waals surface area contributed by atoms with Crippen molar-refractivity contribution in [3.8, 4) is 11.5 Å². The molecule has 4 N–H and O–H groups in total. The van der Waals surface area contributed by atoms with Crippen molar-refractivity contribution >= 4 is 17.5 Å². The Labute approximate surface area is 180 Å². The van der Waals surface area contributed by atoms with Crippen LogP contribution in [0.4, 0.5) is 5.69 Å². The lowest BCUT2D eigenvalue weighted by atomic mass is 10.1. The Morgan fingerprint density at radius 1 is 0.871 bits per heavy atom. The molecule has 7 nitrogen and oxygen atoms in total. The van der Waals surface area contributed by atoms with Crippen molar-refractivity contribution < 1.29 is 19.1 Å². The van der Waals surface area contributed by atoms with Crippen molar-refractivity contribution in [2.75, 3.05) is 12.1 Å². The Bertz CT molecular complexity index is 1130. The molecule has 0 spiro atoms. The van der Waals surface area contributed by atoms with Gasteiger partial charge < -0.3 is 25.8 Å². The molecule has 0 aliphatic carbocycles. The van der Waals surface area contributed by atoms with Gasteiger partial charge in [-0.25, -0.2) is 0 Å². The summed E-state index contributed by atoms with van der Waals surface area (Å²) in [5, 5.41) is 5.77. The summed E-state index contributed by atoms with van der Waals surface area (Å²) < 4.78 is 10.6. The zero-order valence-electron chi connectivity index (χ0n) is 17.1. The Morgan fingerprint density at radius 2 is 1.55 bits per heavy atom. The smallest absolute Gasteiger partial charge is 0.255 e. The van der Waals surface area contributed by atoms with E-state index in [-0.39, 0.29) is 18.6 Å². The van der Waals surface area contributed by atoms with Crippen LogP contribution in [-0.4, -0.2) is 18.6 Å². The summed E-state index contributed by atoms with van der Waals surface area (Å²) in [4.78, 5) is 25.3. The third-order valence-electron chi connectivity index (χ3n) is 5.09. The van der Waals surface area contributed by atoms with E-state index in [0.29, 0.717) is 41.4 Å². The van der Waals surface area contributed by atoms with Crippen LogP contribution in [0.1, 0.15) is 37.4 Å². The number of benzene rings is 3. The van der Waals surface area contributed by atoms with E-state index in [0.717, 1.165) is 16.7 Å². The second-order valence-corrected chi connectivity index (χ2v) is 7.26. The lowest BCUT2D eigenvalue weighted by Crippen LogP contribution is -2.23. The molecule has 7 heteroatoms. The Hall–Kier alpha value is -3.84. The maximum Gasteiger partial charge on any atom is 0.255 e. The molecular weight excluding hydrogens is 394 g/mol. The molecule has 31 heavy (non-hydrogen) atoms. The van der Waals surface area contributed by atoms with E-state index >= 15 is 0 Å². The number of carbonyl (C=O) groups is 2. The van der Waals surface area contributed by atoms with Crippen LogP contribution in [0.5, 0.6) is 11.5 Å². The molecule has 1 heterocycles. The zero-order chi connectivity index (χ0) is 21.8. The fourth-order valence-corrected chi connectivity index (χ4v) is 3.21. The predicted molar refractivity (Wildman–Crippen MR) is 117 cm³/mol. The lowest BCUT2D eigenvalue weighted by molar-refractivity contribution is 0.0949. The molecule has 0 bridgehead atoms. The maximum absolute atomic E-state index is 12.7. The first kappa shape index (κ1) is 20.4. The highest BCUT2D eigenvalue weighted by Crippen LogP contribution is 2.32. The van der Waals surface area contributed by atoms with E-state index in [1.807, 2.05) is 31.2 Å². The molecule has 0 radical (unpaired) electrons. The van der Waals surface area contributed by atoms with Crippen LogP contribution in [0, 0.1) is 6.92 Å². The summed E-state index contributed by atoms with van der Waals surface area (Å²) in [6.07, 6.45) is 0. The molecule has 0 saturated carbocycles. The van der Waals surface area contributed by atoms with Crippen molar-refractivity contribution in [2.24, 2.45) is 5.73 Å². The number of hydrogen-bond donors (Lipinski definition) is 3. The van der Waals surface area contributed by atoms with Gasteiger partial charge in [-0.1, -0.05) is 30.3 Å². The molecule has 0 saturated heterocycles. The molecule has 0 aromatic heterocycles. The Kier molecular flexibility index (Phi) is 5.86. The van der Waals surface area contributed by atoms with E-state index in [1.54, 1.807) is 36.4 Å². The second kappa shape index (κ2) is 8.89. The van der Waals surface area contributed by atoms with Crippen LogP contribution in [0.15, 0.2) is 60.7 Å². The highest BCUT2D eigenvalue weighted by Gasteiger charge is 2.17. The molecule has 158 valence electrons. The van der Waals surface area contributed by atoms with Gasteiger partial charge in [-0.05, 0) is 53.9 Å². The van der Waals surface area contributed by atoms with Gasteiger partial charge in [0.2, 0.25) is 6.79 Å². The molecule has 2 amide bonds. The quantitative estimate of drug-likeness (QED) is 0.571. The van der Waals surface area contributed by atoms with Crippen molar-refractivity contribution in [2.45, 2.75) is 20.0 Å². The van der Waals surface area contributed by atoms with Crippen LogP contribution in [-0.2, 0) is 13.1 Å². The zero-order valence-corrected chi connectivity index (χ0v) is 17.1. The second-order valence-electron chi connectivity index (χ2n) is 7.26.